The normalized spacial score (nSPS) is 10.1. The van der Waals surface area contributed by atoms with Crippen LogP contribution in [-0.4, -0.2) is 5.91 Å². The van der Waals surface area contributed by atoms with Gasteiger partial charge in [0.1, 0.15) is 5.82 Å². The first kappa shape index (κ1) is 13.0. The highest BCUT2D eigenvalue weighted by atomic mass is 127. The Bertz CT molecular complexity index is 522. The molecule has 2 aromatic rings. The minimum atomic E-state index is -0.351. The van der Waals surface area contributed by atoms with Gasteiger partial charge in [-0.05, 0) is 46.4 Å². The van der Waals surface area contributed by atoms with Crippen molar-refractivity contribution in [3.05, 3.63) is 63.5 Å². The number of halogens is 2. The van der Waals surface area contributed by atoms with Crippen LogP contribution in [0.2, 0.25) is 0 Å². The monoisotopic (exact) mass is 355 g/mol. The summed E-state index contributed by atoms with van der Waals surface area (Å²) in [7, 11) is 0. The number of hydrogen-bond donors (Lipinski definition) is 1. The van der Waals surface area contributed by atoms with Gasteiger partial charge in [-0.1, -0.05) is 30.3 Å². The molecule has 0 bridgehead atoms. The summed E-state index contributed by atoms with van der Waals surface area (Å²) < 4.78 is 14.3. The Labute approximate surface area is 118 Å². The fourth-order valence-electron chi connectivity index (χ4n) is 1.57. The molecule has 2 nitrogen and oxygen atoms in total. The quantitative estimate of drug-likeness (QED) is 0.838. The molecule has 2 aromatic carbocycles. The summed E-state index contributed by atoms with van der Waals surface area (Å²) in [6, 6.07) is 13.8. The molecule has 1 N–H and O–H groups in total. The number of para-hydroxylation sites is 1. The average Bonchev–Trinajstić information content (AvgIpc) is 2.35. The Morgan fingerprint density at radius 2 is 1.78 bits per heavy atom. The molecule has 0 aliphatic heterocycles. The van der Waals surface area contributed by atoms with Crippen molar-refractivity contribution in [2.75, 3.05) is 5.32 Å². The van der Waals surface area contributed by atoms with Gasteiger partial charge in [-0.15, -0.1) is 0 Å². The van der Waals surface area contributed by atoms with Crippen molar-refractivity contribution in [2.24, 2.45) is 0 Å². The van der Waals surface area contributed by atoms with Crippen LogP contribution in [-0.2, 0) is 11.2 Å². The fraction of sp³-hybridized carbons (Fsp3) is 0.0714. The number of nitrogens with one attached hydrogen (secondary N) is 1. The van der Waals surface area contributed by atoms with E-state index in [9.17, 15) is 9.18 Å². The molecular weight excluding hydrogens is 344 g/mol. The lowest BCUT2D eigenvalue weighted by Crippen LogP contribution is -2.15. The summed E-state index contributed by atoms with van der Waals surface area (Å²) in [5.41, 5.74) is 1.15. The van der Waals surface area contributed by atoms with E-state index in [0.29, 0.717) is 5.56 Å². The lowest BCUT2D eigenvalue weighted by molar-refractivity contribution is -0.115. The van der Waals surface area contributed by atoms with Crippen molar-refractivity contribution in [2.45, 2.75) is 6.42 Å². The van der Waals surface area contributed by atoms with Crippen molar-refractivity contribution in [3.63, 3.8) is 0 Å². The molecule has 0 atom stereocenters. The minimum Gasteiger partial charge on any atom is -0.325 e. The molecule has 2 rings (SSSR count). The first-order chi connectivity index (χ1) is 8.66. The van der Waals surface area contributed by atoms with E-state index in [1.165, 1.54) is 6.07 Å². The average molecular weight is 355 g/mol. The van der Waals surface area contributed by atoms with Gasteiger partial charge in [-0.25, -0.2) is 4.39 Å². The van der Waals surface area contributed by atoms with E-state index in [2.05, 4.69) is 27.9 Å². The summed E-state index contributed by atoms with van der Waals surface area (Å²) in [4.78, 5) is 11.8. The molecule has 0 unspecified atom stereocenters. The zero-order valence-corrected chi connectivity index (χ0v) is 11.6. The predicted molar refractivity (Wildman–Crippen MR) is 77.9 cm³/mol. The van der Waals surface area contributed by atoms with E-state index >= 15 is 0 Å². The van der Waals surface area contributed by atoms with Crippen LogP contribution >= 0.6 is 22.6 Å². The van der Waals surface area contributed by atoms with Gasteiger partial charge >= 0.3 is 0 Å². The van der Waals surface area contributed by atoms with Gasteiger partial charge in [0.15, 0.2) is 0 Å². The van der Waals surface area contributed by atoms with Gasteiger partial charge in [-0.2, -0.15) is 0 Å². The summed E-state index contributed by atoms with van der Waals surface area (Å²) in [5.74, 6) is -0.570. The maximum atomic E-state index is 13.4. The van der Waals surface area contributed by atoms with Crippen LogP contribution in [0.4, 0.5) is 10.1 Å². The molecule has 0 fully saturated rings. The van der Waals surface area contributed by atoms with E-state index in [1.807, 2.05) is 24.3 Å². The summed E-state index contributed by atoms with van der Waals surface area (Å²) in [6.07, 6.45) is 0.0393. The Hall–Kier alpha value is -1.43. The minimum absolute atomic E-state index is 0.0393. The van der Waals surface area contributed by atoms with Gasteiger partial charge < -0.3 is 5.32 Å². The molecule has 0 aliphatic carbocycles. The molecule has 4 heteroatoms. The van der Waals surface area contributed by atoms with Crippen molar-refractivity contribution in [1.29, 1.82) is 0 Å². The molecular formula is C14H11FINO. The summed E-state index contributed by atoms with van der Waals surface area (Å²) >= 11 is 2.14. The third-order valence-corrected chi connectivity index (χ3v) is 3.40. The highest BCUT2D eigenvalue weighted by Crippen LogP contribution is 2.17. The Morgan fingerprint density at radius 1 is 1.11 bits per heavy atom. The van der Waals surface area contributed by atoms with Gasteiger partial charge in [0, 0.05) is 3.57 Å². The third-order valence-electron chi connectivity index (χ3n) is 2.46. The molecule has 0 saturated carbocycles. The molecule has 18 heavy (non-hydrogen) atoms. The Balaban J connectivity index is 2.06. The van der Waals surface area contributed by atoms with Crippen molar-refractivity contribution >= 4 is 34.2 Å². The van der Waals surface area contributed by atoms with E-state index < -0.39 is 0 Å². The third kappa shape index (κ3) is 3.29. The number of rotatable bonds is 3. The standard InChI is InChI=1S/C14H11FINO/c15-11-6-2-1-5-10(11)9-14(18)17-13-8-4-3-7-12(13)16/h1-8H,9H2,(H,17,18). The smallest absolute Gasteiger partial charge is 0.228 e. The molecule has 0 heterocycles. The zero-order valence-electron chi connectivity index (χ0n) is 9.49. The van der Waals surface area contributed by atoms with E-state index in [1.54, 1.807) is 18.2 Å². The number of carbonyl (C=O) groups excluding carboxylic acids is 1. The zero-order chi connectivity index (χ0) is 13.0. The summed E-state index contributed by atoms with van der Waals surface area (Å²) in [6.45, 7) is 0. The number of amides is 1. The van der Waals surface area contributed by atoms with Crippen molar-refractivity contribution < 1.29 is 9.18 Å². The summed E-state index contributed by atoms with van der Waals surface area (Å²) in [5, 5.41) is 2.77. The van der Waals surface area contributed by atoms with Crippen LogP contribution in [0.3, 0.4) is 0 Å². The van der Waals surface area contributed by atoms with E-state index in [0.717, 1.165) is 9.26 Å². The lowest BCUT2D eigenvalue weighted by Gasteiger charge is -2.07. The maximum absolute atomic E-state index is 13.4. The van der Waals surface area contributed by atoms with Crippen LogP contribution in [0.1, 0.15) is 5.56 Å². The Kier molecular flexibility index (Phi) is 4.30. The van der Waals surface area contributed by atoms with Crippen LogP contribution in [0, 0.1) is 9.39 Å². The molecule has 1 amide bonds. The molecule has 0 radical (unpaired) electrons. The van der Waals surface area contributed by atoms with Crippen LogP contribution in [0.25, 0.3) is 0 Å². The van der Waals surface area contributed by atoms with Crippen molar-refractivity contribution in [1.82, 2.24) is 0 Å². The second-order valence-electron chi connectivity index (χ2n) is 3.80. The van der Waals surface area contributed by atoms with Crippen LogP contribution < -0.4 is 5.32 Å². The van der Waals surface area contributed by atoms with Crippen molar-refractivity contribution in [3.8, 4) is 0 Å². The van der Waals surface area contributed by atoms with Crippen LogP contribution in [0.15, 0.2) is 48.5 Å². The first-order valence-electron chi connectivity index (χ1n) is 5.44. The lowest BCUT2D eigenvalue weighted by atomic mass is 10.1. The molecule has 0 aromatic heterocycles. The molecule has 0 spiro atoms. The predicted octanol–water partition coefficient (Wildman–Crippen LogP) is 3.61. The SMILES string of the molecule is O=C(Cc1ccccc1F)Nc1ccccc1I. The van der Waals surface area contributed by atoms with E-state index in [-0.39, 0.29) is 18.1 Å². The second kappa shape index (κ2) is 5.95. The number of benzene rings is 2. The number of anilines is 1. The van der Waals surface area contributed by atoms with E-state index in [4.69, 9.17) is 0 Å². The van der Waals surface area contributed by atoms with Gasteiger partial charge in [0.2, 0.25) is 5.91 Å². The number of carbonyl (C=O) groups is 1. The topological polar surface area (TPSA) is 29.1 Å². The first-order valence-corrected chi connectivity index (χ1v) is 6.52. The number of hydrogen-bond acceptors (Lipinski definition) is 1. The molecule has 0 saturated heterocycles. The Morgan fingerprint density at radius 3 is 2.50 bits per heavy atom. The molecule has 92 valence electrons. The van der Waals surface area contributed by atoms with Crippen LogP contribution in [0.5, 0.6) is 0 Å². The van der Waals surface area contributed by atoms with Gasteiger partial charge in [0.25, 0.3) is 0 Å². The maximum Gasteiger partial charge on any atom is 0.228 e. The fourth-order valence-corrected chi connectivity index (χ4v) is 2.09. The largest absolute Gasteiger partial charge is 0.325 e. The molecule has 0 aliphatic rings. The second-order valence-corrected chi connectivity index (χ2v) is 4.96. The van der Waals surface area contributed by atoms with Gasteiger partial charge in [0.05, 0.1) is 12.1 Å². The highest BCUT2D eigenvalue weighted by molar-refractivity contribution is 14.1. The highest BCUT2D eigenvalue weighted by Gasteiger charge is 2.08. The van der Waals surface area contributed by atoms with Gasteiger partial charge in [-0.3, -0.25) is 4.79 Å².